The molecule has 0 bridgehead atoms. The molecule has 0 radical (unpaired) electrons. The number of hydrogen-bond donors (Lipinski definition) is 0. The minimum Gasteiger partial charge on any atom is -0.308 e. The predicted molar refractivity (Wildman–Crippen MR) is 202 cm³/mol. The van der Waals surface area contributed by atoms with Gasteiger partial charge in [-0.1, -0.05) is 97.1 Å². The Hall–Kier alpha value is -5.73. The minimum absolute atomic E-state index is 0.674. The molecule has 0 spiro atoms. The first-order valence-electron chi connectivity index (χ1n) is 15.7. The number of benzene rings is 7. The number of fused-ring (bicyclic) bond motifs is 9. The van der Waals surface area contributed by atoms with E-state index < -0.39 is 0 Å². The molecule has 10 rings (SSSR count). The summed E-state index contributed by atoms with van der Waals surface area (Å²) in [7, 11) is 0. The highest BCUT2D eigenvalue weighted by Crippen LogP contribution is 2.48. The standard InChI is InChI=1S/C43H24N2S2/c44-25-26-17-21-37-34(23-26)31-11-4-6-14-36(31)45(37)38-15-8-13-33-41-29(19-20-30(43(41)47-42(33)38)27-9-2-1-3-10-27)28-18-22-40-35(24-28)32-12-5-7-16-39(32)46-40/h1-24H. The van der Waals surface area contributed by atoms with Crippen LogP contribution in [-0.4, -0.2) is 4.57 Å². The zero-order valence-electron chi connectivity index (χ0n) is 25.1. The first-order valence-corrected chi connectivity index (χ1v) is 17.3. The molecule has 0 aliphatic carbocycles. The minimum atomic E-state index is 0.674. The third kappa shape index (κ3) is 3.88. The normalized spacial score (nSPS) is 11.8. The van der Waals surface area contributed by atoms with Crippen molar-refractivity contribution >= 4 is 84.8 Å². The van der Waals surface area contributed by atoms with Crippen molar-refractivity contribution in [2.45, 2.75) is 0 Å². The molecule has 0 saturated carbocycles. The second kappa shape index (κ2) is 10.1. The molecule has 0 N–H and O–H groups in total. The average Bonchev–Trinajstić information content (AvgIpc) is 3.81. The van der Waals surface area contributed by atoms with Crippen molar-refractivity contribution in [3.05, 3.63) is 151 Å². The Balaban J connectivity index is 1.31. The smallest absolute Gasteiger partial charge is 0.0991 e. The lowest BCUT2D eigenvalue weighted by atomic mass is 9.94. The Bertz CT molecular complexity index is 2920. The van der Waals surface area contributed by atoms with Crippen LogP contribution >= 0.6 is 22.7 Å². The van der Waals surface area contributed by atoms with Gasteiger partial charge in [-0.2, -0.15) is 5.26 Å². The van der Waals surface area contributed by atoms with Gasteiger partial charge in [-0.05, 0) is 70.8 Å². The van der Waals surface area contributed by atoms with Crippen LogP contribution in [0.1, 0.15) is 5.56 Å². The van der Waals surface area contributed by atoms with E-state index in [1.807, 2.05) is 34.8 Å². The molecule has 0 fully saturated rings. The maximum Gasteiger partial charge on any atom is 0.0991 e. The fraction of sp³-hybridized carbons (Fsp3) is 0. The molecule has 0 atom stereocenters. The largest absolute Gasteiger partial charge is 0.308 e. The zero-order valence-corrected chi connectivity index (χ0v) is 26.7. The zero-order chi connectivity index (χ0) is 31.1. The molecule has 7 aromatic carbocycles. The summed E-state index contributed by atoms with van der Waals surface area (Å²) in [5, 5.41) is 17.1. The van der Waals surface area contributed by atoms with Crippen LogP contribution in [0.25, 0.3) is 90.1 Å². The number of hydrogen-bond acceptors (Lipinski definition) is 3. The Morgan fingerprint density at radius 2 is 1.21 bits per heavy atom. The molecule has 3 aromatic heterocycles. The third-order valence-electron chi connectivity index (χ3n) is 9.44. The number of nitriles is 1. The topological polar surface area (TPSA) is 28.7 Å². The summed E-state index contributed by atoms with van der Waals surface area (Å²) in [6, 6.07) is 54.7. The molecule has 218 valence electrons. The summed E-state index contributed by atoms with van der Waals surface area (Å²) >= 11 is 3.74. The summed E-state index contributed by atoms with van der Waals surface area (Å²) in [4.78, 5) is 0. The van der Waals surface area contributed by atoms with Crippen LogP contribution in [0.15, 0.2) is 146 Å². The van der Waals surface area contributed by atoms with Gasteiger partial charge in [-0.25, -0.2) is 0 Å². The van der Waals surface area contributed by atoms with Gasteiger partial charge >= 0.3 is 0 Å². The fourth-order valence-electron chi connectivity index (χ4n) is 7.34. The Kier molecular flexibility index (Phi) is 5.71. The molecule has 0 amide bonds. The number of para-hydroxylation sites is 1. The van der Waals surface area contributed by atoms with E-state index in [2.05, 4.69) is 144 Å². The summed E-state index contributed by atoms with van der Waals surface area (Å²) in [5.74, 6) is 0. The highest BCUT2D eigenvalue weighted by atomic mass is 32.1. The van der Waals surface area contributed by atoms with Crippen molar-refractivity contribution in [1.82, 2.24) is 4.57 Å². The van der Waals surface area contributed by atoms with Crippen LogP contribution in [0.3, 0.4) is 0 Å². The van der Waals surface area contributed by atoms with E-state index in [0.29, 0.717) is 5.56 Å². The summed E-state index contributed by atoms with van der Waals surface area (Å²) in [6.07, 6.45) is 0. The number of aromatic nitrogens is 1. The third-order valence-corrected chi connectivity index (χ3v) is 11.9. The van der Waals surface area contributed by atoms with Gasteiger partial charge in [0.1, 0.15) is 0 Å². The molecule has 10 aromatic rings. The second-order valence-electron chi connectivity index (χ2n) is 12.0. The van der Waals surface area contributed by atoms with Crippen LogP contribution in [0.5, 0.6) is 0 Å². The molecule has 0 aliphatic heterocycles. The summed E-state index contributed by atoms with van der Waals surface area (Å²) in [6.45, 7) is 0. The Morgan fingerprint density at radius 3 is 2.11 bits per heavy atom. The van der Waals surface area contributed by atoms with Crippen molar-refractivity contribution in [3.63, 3.8) is 0 Å². The van der Waals surface area contributed by atoms with Crippen LogP contribution in [0, 0.1) is 11.3 Å². The molecule has 3 heterocycles. The van der Waals surface area contributed by atoms with Crippen molar-refractivity contribution in [2.75, 3.05) is 0 Å². The van der Waals surface area contributed by atoms with Gasteiger partial charge < -0.3 is 4.57 Å². The van der Waals surface area contributed by atoms with Crippen molar-refractivity contribution < 1.29 is 0 Å². The van der Waals surface area contributed by atoms with Gasteiger partial charge in [0.15, 0.2) is 0 Å². The highest BCUT2D eigenvalue weighted by Gasteiger charge is 2.21. The second-order valence-corrected chi connectivity index (χ2v) is 14.1. The quantitative estimate of drug-likeness (QED) is 0.190. The van der Waals surface area contributed by atoms with Gasteiger partial charge in [0.05, 0.1) is 33.1 Å². The first kappa shape index (κ1) is 26.5. The average molecular weight is 633 g/mol. The molecule has 2 nitrogen and oxygen atoms in total. The van der Waals surface area contributed by atoms with Crippen LogP contribution in [-0.2, 0) is 0 Å². The number of thiophene rings is 2. The molecular formula is C43H24N2S2. The maximum absolute atomic E-state index is 9.70. The lowest BCUT2D eigenvalue weighted by Gasteiger charge is -2.11. The molecular weight excluding hydrogens is 609 g/mol. The van der Waals surface area contributed by atoms with Crippen molar-refractivity contribution in [2.24, 2.45) is 0 Å². The summed E-state index contributed by atoms with van der Waals surface area (Å²) in [5.41, 5.74) is 9.03. The molecule has 47 heavy (non-hydrogen) atoms. The van der Waals surface area contributed by atoms with Crippen LogP contribution in [0.4, 0.5) is 0 Å². The number of rotatable bonds is 3. The molecule has 0 unspecified atom stereocenters. The van der Waals surface area contributed by atoms with Gasteiger partial charge in [0.25, 0.3) is 0 Å². The van der Waals surface area contributed by atoms with Gasteiger partial charge in [-0.3, -0.25) is 0 Å². The maximum atomic E-state index is 9.70. The van der Waals surface area contributed by atoms with E-state index >= 15 is 0 Å². The van der Waals surface area contributed by atoms with Crippen LogP contribution < -0.4 is 0 Å². The lowest BCUT2D eigenvalue weighted by Crippen LogP contribution is -1.93. The van der Waals surface area contributed by atoms with E-state index in [-0.39, 0.29) is 0 Å². The SMILES string of the molecule is N#Cc1ccc2c(c1)c1ccccc1n2-c1cccc2c1sc1c(-c3ccccc3)ccc(-c3ccc4sc5ccccc5c4c3)c12. The van der Waals surface area contributed by atoms with Crippen molar-refractivity contribution in [3.8, 4) is 34.0 Å². The van der Waals surface area contributed by atoms with Crippen molar-refractivity contribution in [1.29, 1.82) is 5.26 Å². The summed E-state index contributed by atoms with van der Waals surface area (Å²) < 4.78 is 7.56. The number of nitrogens with zero attached hydrogens (tertiary/aromatic N) is 2. The predicted octanol–water partition coefficient (Wildman–Crippen LogP) is 12.7. The highest BCUT2D eigenvalue weighted by molar-refractivity contribution is 7.27. The van der Waals surface area contributed by atoms with Gasteiger partial charge in [0.2, 0.25) is 0 Å². The van der Waals surface area contributed by atoms with Gasteiger partial charge in [0, 0.05) is 46.4 Å². The first-order chi connectivity index (χ1) is 23.3. The Morgan fingerprint density at radius 1 is 0.468 bits per heavy atom. The monoisotopic (exact) mass is 632 g/mol. The van der Waals surface area contributed by atoms with E-state index in [1.165, 1.54) is 62.6 Å². The van der Waals surface area contributed by atoms with Gasteiger partial charge in [-0.15, -0.1) is 22.7 Å². The molecule has 4 heteroatoms. The van der Waals surface area contributed by atoms with E-state index in [4.69, 9.17) is 0 Å². The Labute approximate surface area is 278 Å². The molecule has 0 saturated heterocycles. The van der Waals surface area contributed by atoms with E-state index in [0.717, 1.165) is 27.5 Å². The van der Waals surface area contributed by atoms with Crippen LogP contribution in [0.2, 0.25) is 0 Å². The fourth-order valence-corrected chi connectivity index (χ4v) is 9.80. The lowest BCUT2D eigenvalue weighted by molar-refractivity contribution is 1.20. The molecule has 0 aliphatic rings. The van der Waals surface area contributed by atoms with E-state index in [1.54, 1.807) is 0 Å². The van der Waals surface area contributed by atoms with E-state index in [9.17, 15) is 5.26 Å².